The number of hydrogen-bond donors (Lipinski definition) is 0. The molecule has 0 aliphatic carbocycles. The number of hydrogen-bond acceptors (Lipinski definition) is 2. The van der Waals surface area contributed by atoms with Crippen LogP contribution >= 0.6 is 70.4 Å². The van der Waals surface area contributed by atoms with Gasteiger partial charge in [0.1, 0.15) is 0 Å². The molecular formula is C38H28Br3IN2. The van der Waals surface area contributed by atoms with Gasteiger partial charge in [0.05, 0.1) is 11.4 Å². The van der Waals surface area contributed by atoms with Crippen LogP contribution in [0.1, 0.15) is 11.1 Å². The summed E-state index contributed by atoms with van der Waals surface area (Å²) in [7, 11) is 0. The molecule has 0 atom stereocenters. The lowest BCUT2D eigenvalue weighted by molar-refractivity contribution is 1.25. The molecule has 0 amide bonds. The molecule has 0 saturated carbocycles. The molecule has 6 aromatic carbocycles. The van der Waals surface area contributed by atoms with Gasteiger partial charge < -0.3 is 9.80 Å². The first-order valence-corrected chi connectivity index (χ1v) is 17.6. The van der Waals surface area contributed by atoms with Crippen molar-refractivity contribution in [1.29, 1.82) is 0 Å². The zero-order valence-electron chi connectivity index (χ0n) is 24.1. The average Bonchev–Trinajstić information content (AvgIpc) is 3.03. The van der Waals surface area contributed by atoms with E-state index >= 15 is 0 Å². The molecule has 2 nitrogen and oxygen atoms in total. The summed E-state index contributed by atoms with van der Waals surface area (Å²) < 4.78 is 4.36. The summed E-state index contributed by atoms with van der Waals surface area (Å²) in [5.74, 6) is 0. The van der Waals surface area contributed by atoms with E-state index in [1.54, 1.807) is 0 Å². The molecule has 0 aliphatic heterocycles. The summed E-state index contributed by atoms with van der Waals surface area (Å²) in [6, 6.07) is 47.6. The molecule has 0 saturated heterocycles. The standard InChI is InChI=1S/C38H28Br3IN2/c1-25-3-21-35(41)37(23-25)43(33-17-9-29(39)10-18-33)31-13-5-27(6-14-31)28-7-15-32(16-8-28)44(34-19-11-30(40)12-20-34)38-24-26(2)4-22-36(38)42/h3-24H,1-2H3. The van der Waals surface area contributed by atoms with Crippen molar-refractivity contribution in [2.24, 2.45) is 0 Å². The Bertz CT molecular complexity index is 1760. The minimum absolute atomic E-state index is 1.05. The van der Waals surface area contributed by atoms with E-state index in [0.29, 0.717) is 0 Å². The zero-order chi connectivity index (χ0) is 30.8. The third kappa shape index (κ3) is 6.84. The maximum atomic E-state index is 3.80. The highest BCUT2D eigenvalue weighted by Crippen LogP contribution is 2.42. The van der Waals surface area contributed by atoms with Crippen molar-refractivity contribution in [3.8, 4) is 11.1 Å². The smallest absolute Gasteiger partial charge is 0.0606 e. The maximum absolute atomic E-state index is 3.80. The SMILES string of the molecule is Cc1ccc(Br)c(N(c2ccc(Br)cc2)c2ccc(-c3ccc(N(c4ccc(Br)cc4)c4cc(C)ccc4I)cc3)cc2)c1. The average molecular weight is 879 g/mol. The van der Waals surface area contributed by atoms with Crippen molar-refractivity contribution in [3.63, 3.8) is 0 Å². The van der Waals surface area contributed by atoms with E-state index in [4.69, 9.17) is 0 Å². The Hall–Kier alpha value is -2.91. The van der Waals surface area contributed by atoms with Crippen molar-refractivity contribution in [1.82, 2.24) is 0 Å². The van der Waals surface area contributed by atoms with Crippen LogP contribution in [-0.4, -0.2) is 0 Å². The second-order valence-electron chi connectivity index (χ2n) is 10.6. The van der Waals surface area contributed by atoms with Gasteiger partial charge in [0.25, 0.3) is 0 Å². The third-order valence-corrected chi connectivity index (χ3v) is 10.1. The highest BCUT2D eigenvalue weighted by molar-refractivity contribution is 14.1. The molecule has 218 valence electrons. The molecule has 0 aromatic heterocycles. The van der Waals surface area contributed by atoms with Gasteiger partial charge in [-0.1, -0.05) is 68.3 Å². The lowest BCUT2D eigenvalue weighted by Gasteiger charge is -2.27. The summed E-state index contributed by atoms with van der Waals surface area (Å²) in [5.41, 5.74) is 11.5. The van der Waals surface area contributed by atoms with E-state index in [-0.39, 0.29) is 0 Å². The highest BCUT2D eigenvalue weighted by Gasteiger charge is 2.18. The van der Waals surface area contributed by atoms with E-state index < -0.39 is 0 Å². The number of nitrogens with zero attached hydrogens (tertiary/aromatic N) is 2. The van der Waals surface area contributed by atoms with Gasteiger partial charge in [-0.2, -0.15) is 0 Å². The molecule has 0 fully saturated rings. The van der Waals surface area contributed by atoms with Crippen molar-refractivity contribution in [2.45, 2.75) is 13.8 Å². The first-order valence-electron chi connectivity index (χ1n) is 14.1. The fourth-order valence-corrected chi connectivity index (χ4v) is 6.76. The predicted molar refractivity (Wildman–Crippen MR) is 207 cm³/mol. The van der Waals surface area contributed by atoms with Crippen LogP contribution in [-0.2, 0) is 0 Å². The van der Waals surface area contributed by atoms with E-state index in [1.165, 1.54) is 31.5 Å². The molecule has 6 aromatic rings. The van der Waals surface area contributed by atoms with E-state index in [2.05, 4.69) is 227 Å². The zero-order valence-corrected chi connectivity index (χ0v) is 31.0. The van der Waals surface area contributed by atoms with Gasteiger partial charge in [0.2, 0.25) is 0 Å². The summed E-state index contributed by atoms with van der Waals surface area (Å²) in [4.78, 5) is 4.61. The molecule has 0 bridgehead atoms. The quantitative estimate of drug-likeness (QED) is 0.147. The summed E-state index contributed by atoms with van der Waals surface area (Å²) >= 11 is 13.4. The Morgan fingerprint density at radius 1 is 0.432 bits per heavy atom. The van der Waals surface area contributed by atoms with Crippen LogP contribution < -0.4 is 9.80 Å². The molecular weight excluding hydrogens is 851 g/mol. The van der Waals surface area contributed by atoms with E-state index in [0.717, 1.165) is 41.9 Å². The molecule has 0 radical (unpaired) electrons. The van der Waals surface area contributed by atoms with Crippen LogP contribution in [0.25, 0.3) is 11.1 Å². The number of aryl methyl sites for hydroxylation is 2. The Kier molecular flexibility index (Phi) is 9.62. The van der Waals surface area contributed by atoms with Crippen LogP contribution in [0, 0.1) is 17.4 Å². The van der Waals surface area contributed by atoms with Gasteiger partial charge in [0, 0.05) is 39.7 Å². The second-order valence-corrected chi connectivity index (χ2v) is 14.5. The van der Waals surface area contributed by atoms with Crippen molar-refractivity contribution in [3.05, 3.63) is 162 Å². The Morgan fingerprint density at radius 2 is 0.795 bits per heavy atom. The van der Waals surface area contributed by atoms with Crippen molar-refractivity contribution < 1.29 is 0 Å². The second kappa shape index (κ2) is 13.6. The normalized spacial score (nSPS) is 11.0. The largest absolute Gasteiger partial charge is 0.309 e. The number of halogens is 4. The van der Waals surface area contributed by atoms with Gasteiger partial charge in [-0.05, 0) is 172 Å². The molecule has 6 heteroatoms. The van der Waals surface area contributed by atoms with Crippen LogP contribution in [0.3, 0.4) is 0 Å². The number of rotatable bonds is 7. The summed E-state index contributed by atoms with van der Waals surface area (Å²) in [6.07, 6.45) is 0. The van der Waals surface area contributed by atoms with Gasteiger partial charge in [0.15, 0.2) is 0 Å². The van der Waals surface area contributed by atoms with Crippen LogP contribution in [0.15, 0.2) is 147 Å². The minimum Gasteiger partial charge on any atom is -0.309 e. The Morgan fingerprint density at radius 3 is 1.25 bits per heavy atom. The summed E-state index contributed by atoms with van der Waals surface area (Å²) in [6.45, 7) is 4.27. The molecule has 0 heterocycles. The van der Waals surface area contributed by atoms with Gasteiger partial charge in [-0.3, -0.25) is 0 Å². The highest BCUT2D eigenvalue weighted by atomic mass is 127. The summed E-state index contributed by atoms with van der Waals surface area (Å²) in [5, 5.41) is 0. The third-order valence-electron chi connectivity index (χ3n) is 7.44. The molecule has 0 unspecified atom stereocenters. The lowest BCUT2D eigenvalue weighted by atomic mass is 10.0. The molecule has 44 heavy (non-hydrogen) atoms. The van der Waals surface area contributed by atoms with E-state index in [1.807, 2.05) is 0 Å². The fourth-order valence-electron chi connectivity index (χ4n) is 5.23. The van der Waals surface area contributed by atoms with Gasteiger partial charge >= 0.3 is 0 Å². The number of anilines is 6. The van der Waals surface area contributed by atoms with Crippen LogP contribution in [0.4, 0.5) is 34.1 Å². The van der Waals surface area contributed by atoms with Crippen LogP contribution in [0.5, 0.6) is 0 Å². The van der Waals surface area contributed by atoms with E-state index in [9.17, 15) is 0 Å². The molecule has 0 aliphatic rings. The topological polar surface area (TPSA) is 6.48 Å². The lowest BCUT2D eigenvalue weighted by Crippen LogP contribution is -2.11. The Balaban J connectivity index is 1.35. The monoisotopic (exact) mass is 876 g/mol. The van der Waals surface area contributed by atoms with Gasteiger partial charge in [-0.25, -0.2) is 0 Å². The van der Waals surface area contributed by atoms with Crippen LogP contribution in [0.2, 0.25) is 0 Å². The number of benzene rings is 6. The Labute approximate surface area is 298 Å². The molecule has 6 rings (SSSR count). The first-order chi connectivity index (χ1) is 21.3. The molecule has 0 spiro atoms. The molecule has 0 N–H and O–H groups in total. The maximum Gasteiger partial charge on any atom is 0.0606 e. The van der Waals surface area contributed by atoms with Gasteiger partial charge in [-0.15, -0.1) is 0 Å². The van der Waals surface area contributed by atoms with Crippen molar-refractivity contribution >= 4 is 105 Å². The first kappa shape index (κ1) is 31.1. The fraction of sp³-hybridized carbons (Fsp3) is 0.0526. The predicted octanol–water partition coefficient (Wildman–Crippen LogP) is 13.8. The van der Waals surface area contributed by atoms with Crippen molar-refractivity contribution in [2.75, 3.05) is 9.80 Å². The minimum atomic E-state index is 1.05.